The molecule has 0 aromatic carbocycles. The molecule has 11 heteroatoms. The van der Waals surface area contributed by atoms with Crippen molar-refractivity contribution in [3.8, 4) is 0 Å². The van der Waals surface area contributed by atoms with Gasteiger partial charge in [0.15, 0.2) is 8.32 Å². The first-order chi connectivity index (χ1) is 14.5. The molecule has 1 saturated heterocycles. The van der Waals surface area contributed by atoms with Crippen molar-refractivity contribution >= 4 is 32.0 Å². The van der Waals surface area contributed by atoms with Gasteiger partial charge in [-0.1, -0.05) is 33.4 Å². The van der Waals surface area contributed by atoms with E-state index in [0.29, 0.717) is 18.7 Å². The molecule has 0 radical (unpaired) electrons. The second-order valence-electron chi connectivity index (χ2n) is 9.40. The summed E-state index contributed by atoms with van der Waals surface area (Å²) in [6, 6.07) is -0.0737. The number of tetrazole rings is 1. The average molecular weight is 466 g/mol. The van der Waals surface area contributed by atoms with Crippen molar-refractivity contribution in [3.05, 3.63) is 29.6 Å². The van der Waals surface area contributed by atoms with Crippen LogP contribution in [0.3, 0.4) is 0 Å². The Kier molecular flexibility index (Phi) is 6.77. The SMILES string of the molecule is C=CCOC(=O)C1=C(C[C@@H](C)n2cnnn2)S[C@@H]2[C@@H](CO[Si](C)(C)C(C)(C)C)C(=O)N12. The number of amides is 1. The van der Waals surface area contributed by atoms with Crippen LogP contribution in [0, 0.1) is 5.92 Å². The van der Waals surface area contributed by atoms with Gasteiger partial charge in [0.25, 0.3) is 0 Å². The van der Waals surface area contributed by atoms with Crippen molar-refractivity contribution in [1.29, 1.82) is 0 Å². The zero-order valence-corrected chi connectivity index (χ0v) is 20.8. The highest BCUT2D eigenvalue weighted by atomic mass is 32.2. The second kappa shape index (κ2) is 8.87. The number of ether oxygens (including phenoxy) is 1. The minimum absolute atomic E-state index is 0.0621. The predicted molar refractivity (Wildman–Crippen MR) is 120 cm³/mol. The van der Waals surface area contributed by atoms with E-state index in [1.807, 2.05) is 6.92 Å². The minimum Gasteiger partial charge on any atom is -0.457 e. The van der Waals surface area contributed by atoms with Gasteiger partial charge in [-0.2, -0.15) is 0 Å². The first-order valence-corrected chi connectivity index (χ1v) is 14.1. The molecule has 2 aliphatic heterocycles. The average Bonchev–Trinajstić information content (AvgIpc) is 3.32. The van der Waals surface area contributed by atoms with Crippen molar-refractivity contribution in [2.24, 2.45) is 5.92 Å². The zero-order valence-electron chi connectivity index (χ0n) is 19.0. The van der Waals surface area contributed by atoms with Crippen LogP contribution in [0.5, 0.6) is 0 Å². The van der Waals surface area contributed by atoms with E-state index in [2.05, 4.69) is 56.0 Å². The number of allylic oxidation sites excluding steroid dienone is 1. The molecule has 1 amide bonds. The zero-order chi connectivity index (χ0) is 23.0. The normalized spacial score (nSPS) is 22.3. The van der Waals surface area contributed by atoms with Crippen molar-refractivity contribution in [2.45, 2.75) is 63.7 Å². The Morgan fingerprint density at radius 2 is 2.13 bits per heavy atom. The summed E-state index contributed by atoms with van der Waals surface area (Å²) in [5, 5.41) is 11.2. The Morgan fingerprint density at radius 1 is 1.42 bits per heavy atom. The fraction of sp³-hybridized carbons (Fsp3) is 0.650. The highest BCUT2D eigenvalue weighted by Crippen LogP contribution is 2.52. The van der Waals surface area contributed by atoms with Crippen LogP contribution in [-0.2, 0) is 18.8 Å². The van der Waals surface area contributed by atoms with Gasteiger partial charge in [-0.15, -0.1) is 16.9 Å². The van der Waals surface area contributed by atoms with Crippen molar-refractivity contribution < 1.29 is 18.8 Å². The monoisotopic (exact) mass is 465 g/mol. The van der Waals surface area contributed by atoms with Gasteiger partial charge in [0.1, 0.15) is 24.0 Å². The van der Waals surface area contributed by atoms with Crippen molar-refractivity contribution in [2.75, 3.05) is 13.2 Å². The number of carbonyl (C=O) groups excluding carboxylic acids is 2. The van der Waals surface area contributed by atoms with Crippen LogP contribution in [0.2, 0.25) is 18.1 Å². The summed E-state index contributed by atoms with van der Waals surface area (Å²) in [7, 11) is -1.98. The summed E-state index contributed by atoms with van der Waals surface area (Å²) >= 11 is 1.54. The van der Waals surface area contributed by atoms with Crippen LogP contribution in [0.1, 0.15) is 40.2 Å². The molecule has 1 fully saturated rings. The van der Waals surface area contributed by atoms with Crippen LogP contribution in [0.4, 0.5) is 0 Å². The van der Waals surface area contributed by atoms with Gasteiger partial charge >= 0.3 is 5.97 Å². The molecule has 0 saturated carbocycles. The summed E-state index contributed by atoms with van der Waals surface area (Å²) in [5.41, 5.74) is 0.324. The topological polar surface area (TPSA) is 99.4 Å². The summed E-state index contributed by atoms with van der Waals surface area (Å²) in [6.45, 7) is 16.9. The summed E-state index contributed by atoms with van der Waals surface area (Å²) in [5.74, 6) is -0.875. The van der Waals surface area contributed by atoms with E-state index in [1.165, 1.54) is 24.2 Å². The van der Waals surface area contributed by atoms with E-state index in [4.69, 9.17) is 9.16 Å². The molecule has 0 unspecified atom stereocenters. The van der Waals surface area contributed by atoms with Crippen molar-refractivity contribution in [1.82, 2.24) is 25.1 Å². The molecule has 1 aromatic heterocycles. The molecule has 3 heterocycles. The number of hydrogen-bond donors (Lipinski definition) is 0. The third-order valence-electron chi connectivity index (χ3n) is 6.17. The maximum Gasteiger partial charge on any atom is 0.356 e. The summed E-state index contributed by atoms with van der Waals surface area (Å²) < 4.78 is 13.2. The van der Waals surface area contributed by atoms with E-state index in [-0.39, 0.29) is 34.9 Å². The molecular formula is C20H31N5O4SSi. The fourth-order valence-corrected chi connectivity index (χ4v) is 5.82. The number of esters is 1. The summed E-state index contributed by atoms with van der Waals surface area (Å²) in [4.78, 5) is 28.2. The van der Waals surface area contributed by atoms with Crippen LogP contribution in [-0.4, -0.2) is 63.9 Å². The van der Waals surface area contributed by atoms with Gasteiger partial charge in [0, 0.05) is 17.9 Å². The van der Waals surface area contributed by atoms with E-state index in [0.717, 1.165) is 4.91 Å². The maximum absolute atomic E-state index is 13.0. The van der Waals surface area contributed by atoms with Crippen LogP contribution >= 0.6 is 11.8 Å². The molecule has 0 spiro atoms. The van der Waals surface area contributed by atoms with E-state index in [9.17, 15) is 9.59 Å². The Morgan fingerprint density at radius 3 is 2.71 bits per heavy atom. The first-order valence-electron chi connectivity index (χ1n) is 10.3. The maximum atomic E-state index is 13.0. The first kappa shape index (κ1) is 23.7. The third kappa shape index (κ3) is 4.63. The second-order valence-corrected chi connectivity index (χ2v) is 15.4. The number of hydrogen-bond acceptors (Lipinski definition) is 8. The molecule has 3 rings (SSSR count). The van der Waals surface area contributed by atoms with Gasteiger partial charge in [-0.3, -0.25) is 9.69 Å². The molecule has 9 nitrogen and oxygen atoms in total. The van der Waals surface area contributed by atoms with Crippen LogP contribution < -0.4 is 0 Å². The predicted octanol–water partition coefficient (Wildman–Crippen LogP) is 3.12. The fourth-order valence-electron chi connectivity index (χ4n) is 3.19. The number of thioether (sulfide) groups is 1. The van der Waals surface area contributed by atoms with E-state index >= 15 is 0 Å². The van der Waals surface area contributed by atoms with Gasteiger partial charge in [0.05, 0.1) is 12.0 Å². The Hall–Kier alpha value is -1.98. The van der Waals surface area contributed by atoms with Gasteiger partial charge in [-0.05, 0) is 35.5 Å². The lowest BCUT2D eigenvalue weighted by Gasteiger charge is -2.44. The highest BCUT2D eigenvalue weighted by molar-refractivity contribution is 8.04. The molecule has 0 aliphatic carbocycles. The number of carbonyl (C=O) groups is 2. The highest BCUT2D eigenvalue weighted by Gasteiger charge is 2.57. The molecule has 2 aliphatic rings. The molecule has 31 heavy (non-hydrogen) atoms. The van der Waals surface area contributed by atoms with E-state index in [1.54, 1.807) is 9.58 Å². The molecule has 1 aromatic rings. The number of β-lactam (4-membered cyclic amide) rings is 1. The van der Waals surface area contributed by atoms with Crippen LogP contribution in [0.15, 0.2) is 29.6 Å². The Bertz CT molecular complexity index is 881. The van der Waals surface area contributed by atoms with Crippen molar-refractivity contribution in [3.63, 3.8) is 0 Å². The lowest BCUT2D eigenvalue weighted by molar-refractivity contribution is -0.154. The number of fused-ring (bicyclic) bond motifs is 1. The quantitative estimate of drug-likeness (QED) is 0.237. The molecule has 3 atom stereocenters. The molecule has 170 valence electrons. The minimum atomic E-state index is -1.98. The Balaban J connectivity index is 1.77. The van der Waals surface area contributed by atoms with E-state index < -0.39 is 14.3 Å². The van der Waals surface area contributed by atoms with Gasteiger partial charge in [0.2, 0.25) is 5.91 Å². The van der Waals surface area contributed by atoms with Gasteiger partial charge < -0.3 is 9.16 Å². The smallest absolute Gasteiger partial charge is 0.356 e. The third-order valence-corrected chi connectivity index (χ3v) is 12.1. The molecule has 0 bridgehead atoms. The Labute approximate surface area is 188 Å². The number of rotatable bonds is 9. The number of aromatic nitrogens is 4. The lowest BCUT2D eigenvalue weighted by atomic mass is 9.98. The van der Waals surface area contributed by atoms with Crippen LogP contribution in [0.25, 0.3) is 0 Å². The lowest BCUT2D eigenvalue weighted by Crippen LogP contribution is -2.60. The van der Waals surface area contributed by atoms with Gasteiger partial charge in [-0.25, -0.2) is 9.48 Å². The molecular weight excluding hydrogens is 434 g/mol. The summed E-state index contributed by atoms with van der Waals surface area (Å²) in [6.07, 6.45) is 3.57. The standard InChI is InChI=1S/C20H31N5O4SSi/c1-8-9-28-19(27)16-15(10-13(2)24-12-21-22-23-24)30-18-14(17(26)25(16)18)11-29-31(6,7)20(3,4)5/h8,12-14,18H,1,9-11H2,2-7H3/t13-,14+,18-/m1/s1. The number of nitrogens with zero attached hydrogens (tertiary/aromatic N) is 5. The molecule has 0 N–H and O–H groups in total. The largest absolute Gasteiger partial charge is 0.457 e.